The lowest BCUT2D eigenvalue weighted by Gasteiger charge is -2.35. The molecule has 1 saturated heterocycles. The number of amidine groups is 1. The molecule has 0 amide bonds. The van der Waals surface area contributed by atoms with Gasteiger partial charge in [-0.05, 0) is 37.5 Å². The number of nitrogens with one attached hydrogen (secondary N) is 1. The van der Waals surface area contributed by atoms with Gasteiger partial charge in [0.25, 0.3) is 0 Å². The van der Waals surface area contributed by atoms with Crippen molar-refractivity contribution in [3.05, 3.63) is 28.8 Å². The van der Waals surface area contributed by atoms with Crippen LogP contribution in [0.3, 0.4) is 0 Å². The van der Waals surface area contributed by atoms with E-state index >= 15 is 0 Å². The summed E-state index contributed by atoms with van der Waals surface area (Å²) in [6.07, 6.45) is 3.46. The molecule has 20 heavy (non-hydrogen) atoms. The molecule has 0 saturated carbocycles. The Kier molecular flexibility index (Phi) is 5.26. The van der Waals surface area contributed by atoms with Gasteiger partial charge in [-0.3, -0.25) is 5.41 Å². The summed E-state index contributed by atoms with van der Waals surface area (Å²) in [6.45, 7) is 4.70. The van der Waals surface area contributed by atoms with E-state index in [0.29, 0.717) is 5.02 Å². The molecule has 1 aliphatic heterocycles. The maximum absolute atomic E-state index is 7.70. The van der Waals surface area contributed by atoms with E-state index in [-0.39, 0.29) is 11.9 Å². The molecule has 0 bridgehead atoms. The summed E-state index contributed by atoms with van der Waals surface area (Å²) in [6, 6.07) is 5.48. The van der Waals surface area contributed by atoms with Crippen LogP contribution in [0.25, 0.3) is 0 Å². The molecule has 5 heteroatoms. The van der Waals surface area contributed by atoms with Crippen LogP contribution in [-0.4, -0.2) is 31.6 Å². The Hall–Kier alpha value is -1.26. The Morgan fingerprint density at radius 1 is 1.55 bits per heavy atom. The van der Waals surface area contributed by atoms with Gasteiger partial charge < -0.3 is 15.4 Å². The lowest BCUT2D eigenvalue weighted by molar-refractivity contribution is 0.0440. The molecule has 4 nitrogen and oxygen atoms in total. The first-order chi connectivity index (χ1) is 9.61. The van der Waals surface area contributed by atoms with E-state index in [0.717, 1.165) is 50.2 Å². The van der Waals surface area contributed by atoms with Crippen LogP contribution in [0, 0.1) is 5.41 Å². The highest BCUT2D eigenvalue weighted by Gasteiger charge is 2.23. The molecular weight excluding hydrogens is 274 g/mol. The third-order valence-corrected chi connectivity index (χ3v) is 3.76. The molecule has 3 N–H and O–H groups in total. The van der Waals surface area contributed by atoms with Crippen LogP contribution >= 0.6 is 11.6 Å². The summed E-state index contributed by atoms with van der Waals surface area (Å²) < 4.78 is 5.85. The second-order valence-corrected chi connectivity index (χ2v) is 5.59. The molecule has 110 valence electrons. The number of rotatable bonds is 5. The van der Waals surface area contributed by atoms with E-state index in [1.807, 2.05) is 12.1 Å². The normalized spacial score (nSPS) is 19.1. The fraction of sp³-hybridized carbons (Fsp3) is 0.533. The second-order valence-electron chi connectivity index (χ2n) is 5.16. The average molecular weight is 296 g/mol. The number of ether oxygens (including phenoxy) is 1. The quantitative estimate of drug-likeness (QED) is 0.648. The fourth-order valence-corrected chi connectivity index (χ4v) is 2.74. The van der Waals surface area contributed by atoms with Crippen molar-refractivity contribution in [2.24, 2.45) is 5.73 Å². The number of hydrogen-bond donors (Lipinski definition) is 2. The molecule has 0 aromatic heterocycles. The average Bonchev–Trinajstić information content (AvgIpc) is 2.45. The van der Waals surface area contributed by atoms with Gasteiger partial charge in [-0.2, -0.15) is 0 Å². The number of halogens is 1. The zero-order valence-electron chi connectivity index (χ0n) is 11.9. The Labute approximate surface area is 125 Å². The van der Waals surface area contributed by atoms with Crippen molar-refractivity contribution in [3.8, 4) is 0 Å². The molecule has 1 heterocycles. The maximum atomic E-state index is 7.70. The third-order valence-electron chi connectivity index (χ3n) is 3.53. The van der Waals surface area contributed by atoms with Gasteiger partial charge in [0, 0.05) is 36.0 Å². The minimum absolute atomic E-state index is 0.0771. The van der Waals surface area contributed by atoms with Crippen molar-refractivity contribution in [1.82, 2.24) is 0 Å². The lowest BCUT2D eigenvalue weighted by Crippen LogP contribution is -2.40. The molecule has 1 fully saturated rings. The van der Waals surface area contributed by atoms with Gasteiger partial charge in [0.1, 0.15) is 5.84 Å². The van der Waals surface area contributed by atoms with Crippen molar-refractivity contribution in [2.45, 2.75) is 32.3 Å². The monoisotopic (exact) mass is 295 g/mol. The van der Waals surface area contributed by atoms with Crippen molar-refractivity contribution in [3.63, 3.8) is 0 Å². The SMILES string of the molecule is CCCOC1CCCN(c2cc(Cl)ccc2C(=N)N)C1. The van der Waals surface area contributed by atoms with Crippen molar-refractivity contribution >= 4 is 23.1 Å². The number of nitrogens with zero attached hydrogens (tertiary/aromatic N) is 1. The highest BCUT2D eigenvalue weighted by Crippen LogP contribution is 2.28. The number of nitrogen functional groups attached to an aromatic ring is 1. The summed E-state index contributed by atoms with van der Waals surface area (Å²) in [5.41, 5.74) is 7.35. The van der Waals surface area contributed by atoms with E-state index in [2.05, 4.69) is 11.8 Å². The first-order valence-electron chi connectivity index (χ1n) is 7.12. The Morgan fingerprint density at radius 3 is 3.05 bits per heavy atom. The smallest absolute Gasteiger partial charge is 0.124 e. The van der Waals surface area contributed by atoms with Gasteiger partial charge in [0.2, 0.25) is 0 Å². The van der Waals surface area contributed by atoms with Gasteiger partial charge in [-0.1, -0.05) is 18.5 Å². The van der Waals surface area contributed by atoms with Crippen LogP contribution in [0.5, 0.6) is 0 Å². The Bertz CT molecular complexity index is 478. The van der Waals surface area contributed by atoms with E-state index in [4.69, 9.17) is 27.5 Å². The first-order valence-corrected chi connectivity index (χ1v) is 7.50. The van der Waals surface area contributed by atoms with Gasteiger partial charge >= 0.3 is 0 Å². The minimum atomic E-state index is 0.0771. The summed E-state index contributed by atoms with van der Waals surface area (Å²) in [7, 11) is 0. The molecule has 1 aliphatic rings. The zero-order valence-corrected chi connectivity index (χ0v) is 12.6. The van der Waals surface area contributed by atoms with Crippen molar-refractivity contribution in [1.29, 1.82) is 5.41 Å². The topological polar surface area (TPSA) is 62.3 Å². The van der Waals surface area contributed by atoms with Gasteiger partial charge in [-0.25, -0.2) is 0 Å². The Balaban J connectivity index is 2.17. The number of piperidine rings is 1. The molecule has 0 radical (unpaired) electrons. The molecule has 1 unspecified atom stereocenters. The van der Waals surface area contributed by atoms with Crippen LogP contribution < -0.4 is 10.6 Å². The summed E-state index contributed by atoms with van der Waals surface area (Å²) in [5.74, 6) is 0.0771. The van der Waals surface area contributed by atoms with Crippen LogP contribution in [0.1, 0.15) is 31.7 Å². The highest BCUT2D eigenvalue weighted by molar-refractivity contribution is 6.31. The lowest BCUT2D eigenvalue weighted by atomic mass is 10.0. The highest BCUT2D eigenvalue weighted by atomic mass is 35.5. The molecule has 0 spiro atoms. The first kappa shape index (κ1) is 15.1. The van der Waals surface area contributed by atoms with Gasteiger partial charge in [0.05, 0.1) is 6.10 Å². The summed E-state index contributed by atoms with van der Waals surface area (Å²) in [4.78, 5) is 2.23. The zero-order chi connectivity index (χ0) is 14.5. The molecule has 2 rings (SSSR count). The fourth-order valence-electron chi connectivity index (χ4n) is 2.57. The van der Waals surface area contributed by atoms with Gasteiger partial charge in [-0.15, -0.1) is 0 Å². The maximum Gasteiger partial charge on any atom is 0.124 e. The molecule has 1 aromatic rings. The molecule has 1 atom stereocenters. The van der Waals surface area contributed by atoms with Crippen molar-refractivity contribution < 1.29 is 4.74 Å². The molecular formula is C15H22ClN3O. The number of nitrogens with two attached hydrogens (primary N) is 1. The van der Waals surface area contributed by atoms with E-state index in [9.17, 15) is 0 Å². The van der Waals surface area contributed by atoms with Gasteiger partial charge in [0.15, 0.2) is 0 Å². The van der Waals surface area contributed by atoms with E-state index in [1.54, 1.807) is 6.07 Å². The molecule has 1 aromatic carbocycles. The van der Waals surface area contributed by atoms with Crippen LogP contribution in [-0.2, 0) is 4.74 Å². The van der Waals surface area contributed by atoms with Crippen LogP contribution in [0.2, 0.25) is 5.02 Å². The largest absolute Gasteiger partial charge is 0.384 e. The van der Waals surface area contributed by atoms with Crippen LogP contribution in [0.4, 0.5) is 5.69 Å². The summed E-state index contributed by atoms with van der Waals surface area (Å²) in [5, 5.41) is 8.37. The number of anilines is 1. The Morgan fingerprint density at radius 2 is 2.35 bits per heavy atom. The van der Waals surface area contributed by atoms with E-state index in [1.165, 1.54) is 0 Å². The number of hydrogen-bond acceptors (Lipinski definition) is 3. The second kappa shape index (κ2) is 6.95. The van der Waals surface area contributed by atoms with E-state index < -0.39 is 0 Å². The van der Waals surface area contributed by atoms with Crippen molar-refractivity contribution in [2.75, 3.05) is 24.6 Å². The minimum Gasteiger partial charge on any atom is -0.384 e. The summed E-state index contributed by atoms with van der Waals surface area (Å²) >= 11 is 6.09. The standard InChI is InChI=1S/C15H22ClN3O/c1-2-8-20-12-4-3-7-19(10-12)14-9-11(16)5-6-13(14)15(17)18/h5-6,9,12H,2-4,7-8,10H2,1H3,(H3,17,18). The predicted molar refractivity (Wildman–Crippen MR) is 83.9 cm³/mol. The van der Waals surface area contributed by atoms with Crippen LogP contribution in [0.15, 0.2) is 18.2 Å². The molecule has 0 aliphatic carbocycles. The number of benzene rings is 1. The predicted octanol–water partition coefficient (Wildman–Crippen LogP) is 3.02. The third kappa shape index (κ3) is 3.64.